The van der Waals surface area contributed by atoms with Crippen LogP contribution in [0.4, 0.5) is 11.6 Å². The Balaban J connectivity index is 0.000000246. The Morgan fingerprint density at radius 1 is 0.733 bits per heavy atom. The number of methoxy groups -OCH3 is 4. The number of benzene rings is 2. The lowest BCUT2D eigenvalue weighted by atomic mass is 10.0. The first kappa shape index (κ1) is 34.7. The van der Waals surface area contributed by atoms with Crippen molar-refractivity contribution in [2.24, 2.45) is 0 Å². The Morgan fingerprint density at radius 3 is 1.51 bits per heavy atom. The third-order valence-electron chi connectivity index (χ3n) is 6.13. The van der Waals surface area contributed by atoms with Gasteiger partial charge in [-0.2, -0.15) is 0 Å². The van der Waals surface area contributed by atoms with E-state index in [2.05, 4.69) is 19.9 Å². The van der Waals surface area contributed by atoms with Gasteiger partial charge >= 0.3 is 0 Å². The predicted molar refractivity (Wildman–Crippen MR) is 172 cm³/mol. The van der Waals surface area contributed by atoms with Crippen molar-refractivity contribution in [3.05, 3.63) is 71.0 Å². The number of ether oxygens (including phenoxy) is 4. The fourth-order valence-electron chi connectivity index (χ4n) is 3.96. The number of hydrogen-bond acceptors (Lipinski definition) is 14. The van der Waals surface area contributed by atoms with Crippen LogP contribution in [0.5, 0.6) is 23.0 Å². The van der Waals surface area contributed by atoms with E-state index in [1.807, 2.05) is 6.92 Å². The lowest BCUT2D eigenvalue weighted by Gasteiger charge is -2.12. The number of nitrogen functional groups attached to an aromatic ring is 2. The molecule has 238 valence electrons. The molecule has 0 aliphatic carbocycles. The van der Waals surface area contributed by atoms with Crippen molar-refractivity contribution in [1.82, 2.24) is 19.9 Å². The minimum Gasteiger partial charge on any atom is -0.496 e. The van der Waals surface area contributed by atoms with Crippen LogP contribution in [-0.4, -0.2) is 75.7 Å². The second-order valence-electron chi connectivity index (χ2n) is 8.70. The molecule has 2 aromatic carbocycles. The van der Waals surface area contributed by atoms with Crippen LogP contribution in [0, 0.1) is 0 Å². The number of aromatic nitrogens is 4. The average molecular weight is 655 g/mol. The maximum Gasteiger partial charge on any atom is 0.220 e. The summed E-state index contributed by atoms with van der Waals surface area (Å²) in [5.74, 6) is 2.08. The van der Waals surface area contributed by atoms with Gasteiger partial charge in [0, 0.05) is 18.1 Å². The first-order valence-electron chi connectivity index (χ1n) is 13.4. The average Bonchev–Trinajstić information content (AvgIpc) is 3.06. The molecule has 15 heteroatoms. The van der Waals surface area contributed by atoms with Crippen molar-refractivity contribution >= 4 is 45.8 Å². The maximum absolute atomic E-state index is 12.8. The summed E-state index contributed by atoms with van der Waals surface area (Å²) in [6.45, 7) is 3.73. The summed E-state index contributed by atoms with van der Waals surface area (Å²) < 4.78 is 32.7. The van der Waals surface area contributed by atoms with Crippen molar-refractivity contribution in [3.63, 3.8) is 0 Å². The van der Waals surface area contributed by atoms with E-state index in [0.29, 0.717) is 39.5 Å². The van der Waals surface area contributed by atoms with Gasteiger partial charge < -0.3 is 30.4 Å². The topological polar surface area (TPSA) is 192 Å². The van der Waals surface area contributed by atoms with E-state index >= 15 is 0 Å². The molecule has 0 radical (unpaired) electrons. The highest BCUT2D eigenvalue weighted by Gasteiger charge is 2.24. The van der Waals surface area contributed by atoms with Crippen molar-refractivity contribution in [1.29, 1.82) is 0 Å². The molecule has 0 saturated heterocycles. The van der Waals surface area contributed by atoms with Gasteiger partial charge in [0.05, 0.1) is 50.4 Å². The van der Waals surface area contributed by atoms with Gasteiger partial charge in [0.25, 0.3) is 0 Å². The normalized spacial score (nSPS) is 11.1. The summed E-state index contributed by atoms with van der Waals surface area (Å²) >= 11 is 1.46. The molecular formula is C30H34N6O7S2. The molecule has 0 bridgehead atoms. The van der Waals surface area contributed by atoms with Gasteiger partial charge in [-0.1, -0.05) is 37.7 Å². The van der Waals surface area contributed by atoms with Crippen molar-refractivity contribution in [2.45, 2.75) is 24.2 Å². The van der Waals surface area contributed by atoms with Gasteiger partial charge in [-0.05, 0) is 30.0 Å². The first-order valence-corrected chi connectivity index (χ1v) is 15.7. The summed E-state index contributed by atoms with van der Waals surface area (Å²) in [7, 11) is 4.56. The molecule has 4 rings (SSSR count). The van der Waals surface area contributed by atoms with E-state index in [1.165, 1.54) is 52.6 Å². The van der Waals surface area contributed by atoms with Gasteiger partial charge in [-0.15, -0.1) is 0 Å². The Hall–Kier alpha value is -4.76. The highest BCUT2D eigenvalue weighted by atomic mass is 32.2. The molecule has 1 atom stereocenters. The third-order valence-corrected chi connectivity index (χ3v) is 8.00. The predicted octanol–water partition coefficient (Wildman–Crippen LogP) is 3.85. The Morgan fingerprint density at radius 2 is 1.16 bits per heavy atom. The summed E-state index contributed by atoms with van der Waals surface area (Å²) in [6.07, 6.45) is 2.72. The van der Waals surface area contributed by atoms with Crippen molar-refractivity contribution in [3.8, 4) is 23.0 Å². The highest BCUT2D eigenvalue weighted by Crippen LogP contribution is 2.33. The minimum atomic E-state index is -1.34. The van der Waals surface area contributed by atoms with Gasteiger partial charge in [0.1, 0.15) is 45.8 Å². The molecule has 45 heavy (non-hydrogen) atoms. The number of anilines is 2. The number of hydrogen-bond donors (Lipinski definition) is 2. The molecule has 4 aromatic rings. The van der Waals surface area contributed by atoms with Crippen LogP contribution < -0.4 is 30.4 Å². The summed E-state index contributed by atoms with van der Waals surface area (Å²) in [4.78, 5) is 41.8. The maximum atomic E-state index is 12.8. The number of carbonyl (C=O) groups is 2. The van der Waals surface area contributed by atoms with Crippen LogP contribution in [0.25, 0.3) is 0 Å². The lowest BCUT2D eigenvalue weighted by molar-refractivity contribution is 0.102. The number of nitrogens with zero attached hydrogens (tertiary/aromatic N) is 4. The van der Waals surface area contributed by atoms with E-state index in [1.54, 1.807) is 43.3 Å². The van der Waals surface area contributed by atoms with Crippen molar-refractivity contribution in [2.75, 3.05) is 51.4 Å². The zero-order valence-electron chi connectivity index (χ0n) is 25.7. The monoisotopic (exact) mass is 654 g/mol. The van der Waals surface area contributed by atoms with E-state index in [9.17, 15) is 13.8 Å². The quantitative estimate of drug-likeness (QED) is 0.127. The second-order valence-corrected chi connectivity index (χ2v) is 11.6. The summed E-state index contributed by atoms with van der Waals surface area (Å²) in [6, 6.07) is 10.1. The number of thioether (sulfide) groups is 1. The molecule has 0 fully saturated rings. The molecule has 0 spiro atoms. The molecule has 2 heterocycles. The largest absolute Gasteiger partial charge is 0.496 e. The number of rotatable bonds is 12. The van der Waals surface area contributed by atoms with Crippen LogP contribution in [0.1, 0.15) is 45.7 Å². The van der Waals surface area contributed by atoms with Crippen molar-refractivity contribution < 1.29 is 32.7 Å². The standard InChI is InChI=1S/C15H17N3O4S.C15H17N3O3S/c1-4-23(20)15-17-8-9(14(16)18-15)13(19)12-10(21-2)6-5-7-11(12)22-3;1-4-22-15-17-8-9(14(16)18-15)13(19)12-10(20-2)6-5-7-11(12)21-3/h5-8H,4H2,1-3H3,(H2,16,17,18);5-8H,4H2,1-3H3,(H2,16,17,18). The lowest BCUT2D eigenvalue weighted by Crippen LogP contribution is -2.13. The molecular weight excluding hydrogens is 620 g/mol. The molecule has 1 unspecified atom stereocenters. The minimum absolute atomic E-state index is 0.0326. The highest BCUT2D eigenvalue weighted by molar-refractivity contribution is 7.99. The van der Waals surface area contributed by atoms with Crippen LogP contribution in [0.15, 0.2) is 59.1 Å². The fourth-order valence-corrected chi connectivity index (χ4v) is 5.14. The third kappa shape index (κ3) is 8.05. The summed E-state index contributed by atoms with van der Waals surface area (Å²) in [5.41, 5.74) is 12.6. The van der Waals surface area contributed by atoms with Gasteiger partial charge in [-0.3, -0.25) is 13.8 Å². The number of nitrogens with two attached hydrogens (primary N) is 2. The molecule has 0 aliphatic rings. The van der Waals surface area contributed by atoms with E-state index in [0.717, 1.165) is 5.75 Å². The summed E-state index contributed by atoms with van der Waals surface area (Å²) in [5, 5.41) is 0.650. The zero-order chi connectivity index (χ0) is 33.1. The zero-order valence-corrected chi connectivity index (χ0v) is 27.3. The van der Waals surface area contributed by atoms with Crippen LogP contribution in [0.2, 0.25) is 0 Å². The number of carbonyl (C=O) groups excluding carboxylic acids is 2. The van der Waals surface area contributed by atoms with E-state index in [4.69, 9.17) is 30.4 Å². The SMILES string of the molecule is CCS(=O)c1ncc(C(=O)c2c(OC)cccc2OC)c(N)n1.CCSc1ncc(C(=O)c2c(OC)cccc2OC)c(N)n1. The molecule has 4 N–H and O–H groups in total. The Labute approximate surface area is 267 Å². The van der Waals surface area contributed by atoms with E-state index < -0.39 is 16.6 Å². The first-order chi connectivity index (χ1) is 21.6. The van der Waals surface area contributed by atoms with Gasteiger partial charge in [-0.25, -0.2) is 19.9 Å². The van der Waals surface area contributed by atoms with E-state index in [-0.39, 0.29) is 39.3 Å². The molecule has 0 saturated carbocycles. The second kappa shape index (κ2) is 16.4. The molecule has 13 nitrogen and oxygen atoms in total. The smallest absolute Gasteiger partial charge is 0.220 e. The van der Waals surface area contributed by atoms with Crippen LogP contribution in [0.3, 0.4) is 0 Å². The molecule has 0 aliphatic heterocycles. The van der Waals surface area contributed by atoms with Crippen LogP contribution in [-0.2, 0) is 10.8 Å². The Kier molecular flexibility index (Phi) is 12.6. The molecule has 0 amide bonds. The number of ketones is 2. The van der Waals surface area contributed by atoms with Gasteiger partial charge in [0.15, 0.2) is 5.16 Å². The van der Waals surface area contributed by atoms with Crippen LogP contribution >= 0.6 is 11.8 Å². The fraction of sp³-hybridized carbons (Fsp3) is 0.267. The molecule has 2 aromatic heterocycles. The Bertz CT molecular complexity index is 1660. The van der Waals surface area contributed by atoms with Gasteiger partial charge in [0.2, 0.25) is 16.7 Å².